The van der Waals surface area contributed by atoms with Crippen LogP contribution in [0, 0.1) is 18.7 Å². The number of rotatable bonds is 6. The van der Waals surface area contributed by atoms with Crippen LogP contribution in [0.15, 0.2) is 42.5 Å². The lowest BCUT2D eigenvalue weighted by atomic mass is 9.92. The predicted molar refractivity (Wildman–Crippen MR) is 137 cm³/mol. The summed E-state index contributed by atoms with van der Waals surface area (Å²) < 4.78 is 14.4. The van der Waals surface area contributed by atoms with Gasteiger partial charge < -0.3 is 14.7 Å². The van der Waals surface area contributed by atoms with E-state index in [2.05, 4.69) is 53.1 Å². The van der Waals surface area contributed by atoms with Crippen molar-refractivity contribution in [3.63, 3.8) is 0 Å². The predicted octanol–water partition coefficient (Wildman–Crippen LogP) is 3.97. The minimum absolute atomic E-state index is 0.106. The smallest absolute Gasteiger partial charge is 0.225 e. The van der Waals surface area contributed by atoms with Gasteiger partial charge in [0.05, 0.1) is 0 Å². The van der Waals surface area contributed by atoms with Crippen molar-refractivity contribution in [3.05, 3.63) is 65.0 Å². The van der Waals surface area contributed by atoms with Gasteiger partial charge in [0.2, 0.25) is 5.91 Å². The van der Waals surface area contributed by atoms with E-state index in [9.17, 15) is 9.18 Å². The number of likely N-dealkylation sites (tertiary alicyclic amines) is 1. The van der Waals surface area contributed by atoms with E-state index < -0.39 is 0 Å². The van der Waals surface area contributed by atoms with Gasteiger partial charge in [-0.05, 0) is 63.2 Å². The molecule has 0 unspecified atom stereocenters. The van der Waals surface area contributed by atoms with E-state index in [0.717, 1.165) is 50.1 Å². The van der Waals surface area contributed by atoms with Crippen LogP contribution < -0.4 is 4.90 Å². The van der Waals surface area contributed by atoms with Crippen LogP contribution in [-0.2, 0) is 11.3 Å². The molecule has 2 fully saturated rings. The van der Waals surface area contributed by atoms with Crippen LogP contribution in [0.1, 0.15) is 35.4 Å². The highest BCUT2D eigenvalue weighted by Gasteiger charge is 2.35. The van der Waals surface area contributed by atoms with Gasteiger partial charge in [0.15, 0.2) is 0 Å². The third-order valence-corrected chi connectivity index (χ3v) is 7.73. The maximum Gasteiger partial charge on any atom is 0.225 e. The normalized spacial score (nSPS) is 21.9. The maximum atomic E-state index is 14.4. The Balaban J connectivity index is 1.42. The number of carbonyl (C=O) groups excluding carboxylic acids is 1. The van der Waals surface area contributed by atoms with Crippen molar-refractivity contribution < 1.29 is 9.18 Å². The third-order valence-electron chi connectivity index (χ3n) is 7.73. The van der Waals surface area contributed by atoms with Crippen LogP contribution >= 0.6 is 0 Å². The number of aryl methyl sites for hydroxylation is 1. The fourth-order valence-corrected chi connectivity index (χ4v) is 5.62. The topological polar surface area (TPSA) is 30.0 Å². The Kier molecular flexibility index (Phi) is 7.58. The van der Waals surface area contributed by atoms with Crippen molar-refractivity contribution in [1.82, 2.24) is 14.7 Å². The van der Waals surface area contributed by atoms with E-state index in [4.69, 9.17) is 0 Å². The number of benzene rings is 2. The summed E-state index contributed by atoms with van der Waals surface area (Å²) >= 11 is 0. The molecule has 0 aromatic heterocycles. The average Bonchev–Trinajstić information content (AvgIpc) is 3.26. The Morgan fingerprint density at radius 2 is 1.68 bits per heavy atom. The summed E-state index contributed by atoms with van der Waals surface area (Å²) in [5, 5.41) is 0. The molecule has 2 aliphatic rings. The minimum Gasteiger partial charge on any atom is -0.371 e. The van der Waals surface area contributed by atoms with Gasteiger partial charge in [-0.2, -0.15) is 0 Å². The van der Waals surface area contributed by atoms with Crippen molar-refractivity contribution in [3.8, 4) is 0 Å². The average molecular weight is 467 g/mol. The maximum absolute atomic E-state index is 14.4. The molecule has 0 aliphatic carbocycles. The summed E-state index contributed by atoms with van der Waals surface area (Å²) in [6.45, 7) is 6.34. The second kappa shape index (κ2) is 10.4. The quantitative estimate of drug-likeness (QED) is 0.645. The van der Waals surface area contributed by atoms with Gasteiger partial charge in [-0.3, -0.25) is 9.69 Å². The first-order chi connectivity index (χ1) is 16.2. The number of hydrogen-bond acceptors (Lipinski definition) is 4. The molecule has 0 saturated carbocycles. The Morgan fingerprint density at radius 3 is 2.26 bits per heavy atom. The van der Waals surface area contributed by atoms with Crippen molar-refractivity contribution >= 4 is 11.6 Å². The molecule has 6 heteroatoms. The Hall–Kier alpha value is -2.44. The van der Waals surface area contributed by atoms with Crippen molar-refractivity contribution in [2.24, 2.45) is 5.92 Å². The molecule has 4 rings (SSSR count). The molecule has 0 bridgehead atoms. The SMILES string of the molecule is Cc1cccc(F)c1CN1C[C@H](c2ccc(N3CCC(C(=O)N(C)C)CC3)cc2)[C@@H](N(C)C)C1. The molecule has 2 aliphatic heterocycles. The highest BCUT2D eigenvalue weighted by Crippen LogP contribution is 2.33. The molecular weight excluding hydrogens is 427 g/mol. The molecule has 0 N–H and O–H groups in total. The van der Waals surface area contributed by atoms with Gasteiger partial charge in [0.1, 0.15) is 5.82 Å². The van der Waals surface area contributed by atoms with Gasteiger partial charge in [-0.15, -0.1) is 0 Å². The molecule has 2 saturated heterocycles. The Bertz CT molecular complexity index is 962. The fraction of sp³-hybridized carbons (Fsp3) is 0.536. The molecule has 1 amide bonds. The number of nitrogens with zero attached hydrogens (tertiary/aromatic N) is 4. The lowest BCUT2D eigenvalue weighted by Crippen LogP contribution is -2.40. The lowest BCUT2D eigenvalue weighted by Gasteiger charge is -2.34. The number of likely N-dealkylation sites (N-methyl/N-ethyl adjacent to an activating group) is 1. The van der Waals surface area contributed by atoms with E-state index in [1.165, 1.54) is 11.3 Å². The van der Waals surface area contributed by atoms with E-state index in [-0.39, 0.29) is 17.6 Å². The highest BCUT2D eigenvalue weighted by molar-refractivity contribution is 5.78. The molecule has 2 aromatic carbocycles. The van der Waals surface area contributed by atoms with Crippen LogP contribution in [0.5, 0.6) is 0 Å². The molecule has 184 valence electrons. The zero-order chi connectivity index (χ0) is 24.4. The highest BCUT2D eigenvalue weighted by atomic mass is 19.1. The zero-order valence-electron chi connectivity index (χ0n) is 21.3. The molecule has 34 heavy (non-hydrogen) atoms. The van der Waals surface area contributed by atoms with Crippen LogP contribution in [-0.4, -0.2) is 81.0 Å². The molecular formula is C28H39FN4O. The Labute approximate surface area is 204 Å². The number of hydrogen-bond donors (Lipinski definition) is 0. The van der Waals surface area contributed by atoms with Crippen molar-refractivity contribution in [1.29, 1.82) is 0 Å². The molecule has 2 heterocycles. The lowest BCUT2D eigenvalue weighted by molar-refractivity contribution is -0.133. The number of piperidine rings is 1. The molecule has 0 radical (unpaired) electrons. The van der Waals surface area contributed by atoms with Gasteiger partial charge in [-0.25, -0.2) is 4.39 Å². The summed E-state index contributed by atoms with van der Waals surface area (Å²) in [6, 6.07) is 14.8. The molecule has 2 atom stereocenters. The third kappa shape index (κ3) is 5.28. The number of anilines is 1. The van der Waals surface area contributed by atoms with Gasteiger partial charge in [-0.1, -0.05) is 24.3 Å². The van der Waals surface area contributed by atoms with Crippen LogP contribution in [0.3, 0.4) is 0 Å². The number of halogens is 1. The Morgan fingerprint density at radius 1 is 1.00 bits per heavy atom. The second-order valence-corrected chi connectivity index (χ2v) is 10.5. The fourth-order valence-electron chi connectivity index (χ4n) is 5.62. The summed E-state index contributed by atoms with van der Waals surface area (Å²) in [6.07, 6.45) is 1.82. The number of amides is 1. The molecule has 2 aromatic rings. The first-order valence-electron chi connectivity index (χ1n) is 12.4. The summed E-state index contributed by atoms with van der Waals surface area (Å²) in [5.74, 6) is 0.680. The van der Waals surface area contributed by atoms with E-state index in [1.54, 1.807) is 17.0 Å². The number of carbonyl (C=O) groups is 1. The molecule has 0 spiro atoms. The standard InChI is InChI=1S/C28H39FN4O/c1-20-7-6-8-26(29)24(20)17-32-18-25(27(19-32)30(2)3)21-9-11-23(12-10-21)33-15-13-22(14-16-33)28(34)31(4)5/h6-12,22,25,27H,13-19H2,1-5H3/t25-,27+/m1/s1. The van der Waals surface area contributed by atoms with Crippen LogP contribution in [0.25, 0.3) is 0 Å². The van der Waals surface area contributed by atoms with E-state index >= 15 is 0 Å². The van der Waals surface area contributed by atoms with Gasteiger partial charge in [0.25, 0.3) is 0 Å². The largest absolute Gasteiger partial charge is 0.371 e. The monoisotopic (exact) mass is 466 g/mol. The summed E-state index contributed by atoms with van der Waals surface area (Å²) in [4.78, 5) is 21.1. The minimum atomic E-state index is -0.106. The van der Waals surface area contributed by atoms with Crippen molar-refractivity contribution in [2.45, 2.75) is 38.3 Å². The zero-order valence-corrected chi connectivity index (χ0v) is 21.3. The van der Waals surface area contributed by atoms with E-state index in [0.29, 0.717) is 18.5 Å². The van der Waals surface area contributed by atoms with Crippen LogP contribution in [0.4, 0.5) is 10.1 Å². The van der Waals surface area contributed by atoms with Gasteiger partial charge in [0, 0.05) is 75.9 Å². The van der Waals surface area contributed by atoms with Crippen LogP contribution in [0.2, 0.25) is 0 Å². The molecule has 5 nitrogen and oxygen atoms in total. The summed E-state index contributed by atoms with van der Waals surface area (Å²) in [7, 11) is 7.97. The van der Waals surface area contributed by atoms with Gasteiger partial charge >= 0.3 is 0 Å². The first-order valence-corrected chi connectivity index (χ1v) is 12.4. The van der Waals surface area contributed by atoms with Crippen molar-refractivity contribution in [2.75, 3.05) is 59.3 Å². The second-order valence-electron chi connectivity index (χ2n) is 10.5. The summed E-state index contributed by atoms with van der Waals surface area (Å²) in [5.41, 5.74) is 4.41. The van der Waals surface area contributed by atoms with E-state index in [1.807, 2.05) is 27.1 Å². The first kappa shape index (κ1) is 24.7.